The second-order valence-corrected chi connectivity index (χ2v) is 4.80. The van der Waals surface area contributed by atoms with Crippen molar-refractivity contribution in [1.29, 1.82) is 0 Å². The highest BCUT2D eigenvalue weighted by molar-refractivity contribution is 5.83. The highest BCUT2D eigenvalue weighted by atomic mass is 16.4. The van der Waals surface area contributed by atoms with Crippen LogP contribution in [0.1, 0.15) is 49.1 Å². The summed E-state index contributed by atoms with van der Waals surface area (Å²) in [5.41, 5.74) is 0. The van der Waals surface area contributed by atoms with Crippen LogP contribution < -0.4 is 0 Å². The lowest BCUT2D eigenvalue weighted by Crippen LogP contribution is -2.39. The molecular weight excluding hydrogens is 220 g/mol. The summed E-state index contributed by atoms with van der Waals surface area (Å²) < 4.78 is 5.28. The molecular formula is C12H18N2O3. The molecule has 5 heteroatoms. The Morgan fingerprint density at radius 1 is 1.65 bits per heavy atom. The Hall–Kier alpha value is -1.36. The smallest absolute Gasteiger partial charge is 0.373 e. The normalized spacial score (nSPS) is 21.9. The standard InChI is InChI=1S/C12H18N2O3/c1-8(2)14-5-3-4-9(7-14)11-13-6-10(17-11)12(15)16/h6,8-9H,3-5,7H2,1-2H3,(H,15,16). The topological polar surface area (TPSA) is 66.6 Å². The van der Waals surface area contributed by atoms with Crippen LogP contribution in [0.4, 0.5) is 0 Å². The van der Waals surface area contributed by atoms with Gasteiger partial charge in [-0.2, -0.15) is 0 Å². The number of carbonyl (C=O) groups is 1. The third-order valence-corrected chi connectivity index (χ3v) is 3.27. The minimum absolute atomic E-state index is 0.0679. The zero-order valence-electron chi connectivity index (χ0n) is 10.2. The SMILES string of the molecule is CC(C)N1CCCC(c2ncc(C(=O)O)o2)C1. The summed E-state index contributed by atoms with van der Waals surface area (Å²) in [5, 5.41) is 8.79. The van der Waals surface area contributed by atoms with Crippen molar-refractivity contribution in [3.05, 3.63) is 17.8 Å². The maximum atomic E-state index is 10.7. The molecule has 1 aliphatic heterocycles. The van der Waals surface area contributed by atoms with Crippen molar-refractivity contribution in [2.45, 2.75) is 38.6 Å². The maximum absolute atomic E-state index is 10.7. The summed E-state index contributed by atoms with van der Waals surface area (Å²) in [6.45, 7) is 6.33. The van der Waals surface area contributed by atoms with Crippen LogP contribution in [0, 0.1) is 0 Å². The number of aromatic carboxylic acids is 1. The highest BCUT2D eigenvalue weighted by Gasteiger charge is 2.26. The Morgan fingerprint density at radius 3 is 3.00 bits per heavy atom. The van der Waals surface area contributed by atoms with Gasteiger partial charge in [-0.1, -0.05) is 0 Å². The van der Waals surface area contributed by atoms with Gasteiger partial charge in [-0.3, -0.25) is 0 Å². The fraction of sp³-hybridized carbons (Fsp3) is 0.667. The predicted molar refractivity (Wildman–Crippen MR) is 62.1 cm³/mol. The van der Waals surface area contributed by atoms with E-state index in [-0.39, 0.29) is 11.7 Å². The quantitative estimate of drug-likeness (QED) is 0.871. The number of oxazole rings is 1. The van der Waals surface area contributed by atoms with Crippen molar-refractivity contribution in [2.75, 3.05) is 13.1 Å². The number of hydrogen-bond donors (Lipinski definition) is 1. The summed E-state index contributed by atoms with van der Waals surface area (Å²) >= 11 is 0. The number of aromatic nitrogens is 1. The Balaban J connectivity index is 2.08. The van der Waals surface area contributed by atoms with Gasteiger partial charge in [-0.15, -0.1) is 0 Å². The van der Waals surface area contributed by atoms with Crippen LogP contribution >= 0.6 is 0 Å². The molecule has 1 atom stereocenters. The van der Waals surface area contributed by atoms with Gasteiger partial charge in [0.15, 0.2) is 5.89 Å². The summed E-state index contributed by atoms with van der Waals surface area (Å²) in [7, 11) is 0. The number of piperidine rings is 1. The summed E-state index contributed by atoms with van der Waals surface area (Å²) in [6.07, 6.45) is 3.42. The largest absolute Gasteiger partial charge is 0.475 e. The molecule has 17 heavy (non-hydrogen) atoms. The van der Waals surface area contributed by atoms with Crippen molar-refractivity contribution in [3.63, 3.8) is 0 Å². The van der Waals surface area contributed by atoms with Gasteiger partial charge < -0.3 is 14.4 Å². The summed E-state index contributed by atoms with van der Waals surface area (Å²) in [6, 6.07) is 0.506. The van der Waals surface area contributed by atoms with Gasteiger partial charge in [0, 0.05) is 18.5 Å². The van der Waals surface area contributed by atoms with Crippen molar-refractivity contribution >= 4 is 5.97 Å². The van der Waals surface area contributed by atoms with Gasteiger partial charge in [0.25, 0.3) is 0 Å². The first-order chi connectivity index (χ1) is 8.08. The first-order valence-electron chi connectivity index (χ1n) is 6.01. The van der Waals surface area contributed by atoms with Gasteiger partial charge >= 0.3 is 5.97 Å². The Morgan fingerprint density at radius 2 is 2.41 bits per heavy atom. The molecule has 1 saturated heterocycles. The molecule has 2 heterocycles. The second kappa shape index (κ2) is 4.87. The van der Waals surface area contributed by atoms with Crippen LogP contribution in [0.25, 0.3) is 0 Å². The van der Waals surface area contributed by atoms with E-state index >= 15 is 0 Å². The van der Waals surface area contributed by atoms with E-state index in [2.05, 4.69) is 23.7 Å². The predicted octanol–water partition coefficient (Wildman–Crippen LogP) is 1.96. The molecule has 5 nitrogen and oxygen atoms in total. The Labute approximate surface area is 100 Å². The molecule has 0 radical (unpaired) electrons. The van der Waals surface area contributed by atoms with E-state index in [1.165, 1.54) is 6.20 Å². The van der Waals surface area contributed by atoms with Crippen LogP contribution in [0.5, 0.6) is 0 Å². The van der Waals surface area contributed by atoms with E-state index in [4.69, 9.17) is 9.52 Å². The molecule has 1 N–H and O–H groups in total. The van der Waals surface area contributed by atoms with Crippen LogP contribution in [-0.2, 0) is 0 Å². The highest BCUT2D eigenvalue weighted by Crippen LogP contribution is 2.27. The number of carboxylic acid groups (broad SMARTS) is 1. The molecule has 0 aromatic carbocycles. The minimum atomic E-state index is -1.06. The molecule has 0 spiro atoms. The zero-order valence-corrected chi connectivity index (χ0v) is 10.2. The van der Waals surface area contributed by atoms with Crippen molar-refractivity contribution < 1.29 is 14.3 Å². The maximum Gasteiger partial charge on any atom is 0.373 e. The molecule has 1 aromatic rings. The van der Waals surface area contributed by atoms with E-state index < -0.39 is 5.97 Å². The molecule has 0 saturated carbocycles. The molecule has 94 valence electrons. The van der Waals surface area contributed by atoms with Gasteiger partial charge in [0.1, 0.15) is 0 Å². The average molecular weight is 238 g/mol. The van der Waals surface area contributed by atoms with Crippen LogP contribution in [0.2, 0.25) is 0 Å². The monoisotopic (exact) mass is 238 g/mol. The fourth-order valence-corrected chi connectivity index (χ4v) is 2.25. The summed E-state index contributed by atoms with van der Waals surface area (Å²) in [5.74, 6) is -0.339. The van der Waals surface area contributed by atoms with E-state index in [1.807, 2.05) is 0 Å². The number of nitrogens with zero attached hydrogens (tertiary/aromatic N) is 2. The molecule has 0 bridgehead atoms. The molecule has 0 aliphatic carbocycles. The Kier molecular flexibility index (Phi) is 3.47. The lowest BCUT2D eigenvalue weighted by Gasteiger charge is -2.34. The molecule has 0 amide bonds. The van der Waals surface area contributed by atoms with E-state index in [1.54, 1.807) is 0 Å². The van der Waals surface area contributed by atoms with Crippen LogP contribution in [0.3, 0.4) is 0 Å². The van der Waals surface area contributed by atoms with Gasteiger partial charge in [-0.25, -0.2) is 9.78 Å². The van der Waals surface area contributed by atoms with Crippen molar-refractivity contribution in [2.24, 2.45) is 0 Å². The van der Waals surface area contributed by atoms with E-state index in [0.717, 1.165) is 25.9 Å². The lowest BCUT2D eigenvalue weighted by atomic mass is 9.97. The lowest BCUT2D eigenvalue weighted by molar-refractivity contribution is 0.0657. The number of rotatable bonds is 3. The minimum Gasteiger partial charge on any atom is -0.475 e. The zero-order chi connectivity index (χ0) is 12.4. The molecule has 2 rings (SSSR count). The summed E-state index contributed by atoms with van der Waals surface area (Å²) in [4.78, 5) is 17.2. The number of hydrogen-bond acceptors (Lipinski definition) is 4. The van der Waals surface area contributed by atoms with E-state index in [9.17, 15) is 4.79 Å². The molecule has 1 fully saturated rings. The van der Waals surface area contributed by atoms with E-state index in [0.29, 0.717) is 11.9 Å². The Bertz CT molecular complexity index is 400. The van der Waals surface area contributed by atoms with Gasteiger partial charge in [-0.05, 0) is 33.2 Å². The van der Waals surface area contributed by atoms with Crippen molar-refractivity contribution in [3.8, 4) is 0 Å². The first-order valence-corrected chi connectivity index (χ1v) is 6.01. The average Bonchev–Trinajstić information content (AvgIpc) is 2.78. The fourth-order valence-electron chi connectivity index (χ4n) is 2.25. The van der Waals surface area contributed by atoms with Crippen LogP contribution in [-0.4, -0.2) is 40.1 Å². The third-order valence-electron chi connectivity index (χ3n) is 3.27. The van der Waals surface area contributed by atoms with Gasteiger partial charge in [0.2, 0.25) is 5.76 Å². The van der Waals surface area contributed by atoms with Crippen molar-refractivity contribution in [1.82, 2.24) is 9.88 Å². The third kappa shape index (κ3) is 2.66. The molecule has 1 unspecified atom stereocenters. The first kappa shape index (κ1) is 12.1. The molecule has 1 aliphatic rings. The number of carboxylic acids is 1. The molecule has 1 aromatic heterocycles. The van der Waals surface area contributed by atoms with Crippen LogP contribution in [0.15, 0.2) is 10.6 Å². The van der Waals surface area contributed by atoms with Gasteiger partial charge in [0.05, 0.1) is 6.20 Å². The number of likely N-dealkylation sites (tertiary alicyclic amines) is 1. The second-order valence-electron chi connectivity index (χ2n) is 4.80.